The minimum Gasteiger partial charge on any atom is -0.353 e. The SMILES string of the molecule is CCC1C(=O)NCCN1C(=O)c1ccc2c(c1)CNC2. The van der Waals surface area contributed by atoms with Crippen molar-refractivity contribution in [3.8, 4) is 0 Å². The maximum absolute atomic E-state index is 12.6. The zero-order valence-corrected chi connectivity index (χ0v) is 11.6. The first-order valence-corrected chi connectivity index (χ1v) is 7.12. The van der Waals surface area contributed by atoms with Crippen molar-refractivity contribution >= 4 is 11.8 Å². The summed E-state index contributed by atoms with van der Waals surface area (Å²) in [6.45, 7) is 4.73. The Kier molecular flexibility index (Phi) is 3.44. The topological polar surface area (TPSA) is 61.4 Å². The predicted octanol–water partition coefficient (Wildman–Crippen LogP) is 0.640. The van der Waals surface area contributed by atoms with Crippen molar-refractivity contribution in [3.05, 3.63) is 34.9 Å². The maximum atomic E-state index is 12.6. The third-order valence-electron chi connectivity index (χ3n) is 4.06. The van der Waals surface area contributed by atoms with Gasteiger partial charge in [0.05, 0.1) is 0 Å². The van der Waals surface area contributed by atoms with Gasteiger partial charge in [-0.25, -0.2) is 0 Å². The van der Waals surface area contributed by atoms with E-state index in [1.165, 1.54) is 11.1 Å². The Morgan fingerprint density at radius 2 is 2.15 bits per heavy atom. The van der Waals surface area contributed by atoms with Gasteiger partial charge >= 0.3 is 0 Å². The van der Waals surface area contributed by atoms with E-state index in [9.17, 15) is 9.59 Å². The number of carbonyl (C=O) groups excluding carboxylic acids is 2. The molecule has 20 heavy (non-hydrogen) atoms. The molecule has 3 rings (SSSR count). The summed E-state index contributed by atoms with van der Waals surface area (Å²) < 4.78 is 0. The fourth-order valence-electron chi connectivity index (χ4n) is 2.96. The molecule has 1 aromatic rings. The van der Waals surface area contributed by atoms with E-state index >= 15 is 0 Å². The van der Waals surface area contributed by atoms with Gasteiger partial charge in [0.25, 0.3) is 5.91 Å². The van der Waals surface area contributed by atoms with Crippen LogP contribution in [-0.4, -0.2) is 35.8 Å². The molecular weight excluding hydrogens is 254 g/mol. The number of hydrogen-bond acceptors (Lipinski definition) is 3. The highest BCUT2D eigenvalue weighted by Gasteiger charge is 2.32. The molecule has 2 heterocycles. The van der Waals surface area contributed by atoms with Crippen LogP contribution >= 0.6 is 0 Å². The lowest BCUT2D eigenvalue weighted by atomic mass is 10.0. The highest BCUT2D eigenvalue weighted by molar-refractivity contribution is 5.98. The van der Waals surface area contributed by atoms with E-state index in [1.807, 2.05) is 25.1 Å². The maximum Gasteiger partial charge on any atom is 0.254 e. The number of fused-ring (bicyclic) bond motifs is 1. The normalized spacial score (nSPS) is 21.6. The minimum atomic E-state index is -0.345. The summed E-state index contributed by atoms with van der Waals surface area (Å²) in [5.41, 5.74) is 3.12. The molecule has 1 saturated heterocycles. The molecule has 2 N–H and O–H groups in total. The molecule has 1 atom stereocenters. The smallest absolute Gasteiger partial charge is 0.254 e. The van der Waals surface area contributed by atoms with Crippen LogP contribution in [0.15, 0.2) is 18.2 Å². The molecule has 5 nitrogen and oxygen atoms in total. The van der Waals surface area contributed by atoms with E-state index in [1.54, 1.807) is 4.90 Å². The van der Waals surface area contributed by atoms with Crippen LogP contribution in [0.3, 0.4) is 0 Å². The van der Waals surface area contributed by atoms with Crippen molar-refractivity contribution in [1.82, 2.24) is 15.5 Å². The lowest BCUT2D eigenvalue weighted by Gasteiger charge is -2.34. The molecule has 2 amide bonds. The van der Waals surface area contributed by atoms with E-state index in [4.69, 9.17) is 0 Å². The molecule has 1 unspecified atom stereocenters. The first-order valence-electron chi connectivity index (χ1n) is 7.12. The summed E-state index contributed by atoms with van der Waals surface area (Å²) >= 11 is 0. The average molecular weight is 273 g/mol. The molecule has 0 radical (unpaired) electrons. The molecule has 106 valence electrons. The number of carbonyl (C=O) groups is 2. The van der Waals surface area contributed by atoms with Crippen molar-refractivity contribution in [1.29, 1.82) is 0 Å². The molecule has 0 aliphatic carbocycles. The number of nitrogens with one attached hydrogen (secondary N) is 2. The Morgan fingerprint density at radius 3 is 2.95 bits per heavy atom. The molecule has 0 aromatic heterocycles. The van der Waals surface area contributed by atoms with E-state index in [0.717, 1.165) is 13.1 Å². The van der Waals surface area contributed by atoms with Crippen molar-refractivity contribution in [2.45, 2.75) is 32.5 Å². The number of rotatable bonds is 2. The van der Waals surface area contributed by atoms with Crippen LogP contribution in [0, 0.1) is 0 Å². The van der Waals surface area contributed by atoms with Crippen LogP contribution in [0.2, 0.25) is 0 Å². The van der Waals surface area contributed by atoms with Crippen LogP contribution in [0.1, 0.15) is 34.8 Å². The second-order valence-electron chi connectivity index (χ2n) is 5.30. The van der Waals surface area contributed by atoms with Gasteiger partial charge in [-0.1, -0.05) is 13.0 Å². The first kappa shape index (κ1) is 13.1. The van der Waals surface area contributed by atoms with E-state index in [-0.39, 0.29) is 17.9 Å². The zero-order chi connectivity index (χ0) is 14.1. The first-order chi connectivity index (χ1) is 9.70. The van der Waals surface area contributed by atoms with Gasteiger partial charge in [-0.3, -0.25) is 9.59 Å². The number of benzene rings is 1. The third kappa shape index (κ3) is 2.18. The minimum absolute atomic E-state index is 0.0404. The van der Waals surface area contributed by atoms with Gasteiger partial charge in [-0.2, -0.15) is 0 Å². The van der Waals surface area contributed by atoms with Crippen molar-refractivity contribution < 1.29 is 9.59 Å². The number of hydrogen-bond donors (Lipinski definition) is 2. The molecule has 0 saturated carbocycles. The van der Waals surface area contributed by atoms with Crippen LogP contribution in [0.25, 0.3) is 0 Å². The summed E-state index contributed by atoms with van der Waals surface area (Å²) in [4.78, 5) is 26.2. The van der Waals surface area contributed by atoms with Gasteiger partial charge in [-0.05, 0) is 29.7 Å². The standard InChI is InChI=1S/C15H19N3O2/c1-2-13-14(19)17-5-6-18(13)15(20)10-3-4-11-8-16-9-12(11)7-10/h3-4,7,13,16H,2,5-6,8-9H2,1H3,(H,17,19). The van der Waals surface area contributed by atoms with Crippen LogP contribution < -0.4 is 10.6 Å². The van der Waals surface area contributed by atoms with E-state index in [2.05, 4.69) is 10.6 Å². The molecular formula is C15H19N3O2. The highest BCUT2D eigenvalue weighted by atomic mass is 16.2. The molecule has 0 bridgehead atoms. The summed E-state index contributed by atoms with van der Waals surface area (Å²) in [5.74, 6) is -0.0867. The fraction of sp³-hybridized carbons (Fsp3) is 0.467. The summed E-state index contributed by atoms with van der Waals surface area (Å²) in [7, 11) is 0. The summed E-state index contributed by atoms with van der Waals surface area (Å²) in [6, 6.07) is 5.49. The fourth-order valence-corrected chi connectivity index (χ4v) is 2.96. The quantitative estimate of drug-likeness (QED) is 0.831. The average Bonchev–Trinajstić information content (AvgIpc) is 2.93. The largest absolute Gasteiger partial charge is 0.353 e. The Bertz CT molecular complexity index is 556. The van der Waals surface area contributed by atoms with Gasteiger partial charge in [0.15, 0.2) is 0 Å². The Hall–Kier alpha value is -1.88. The van der Waals surface area contributed by atoms with E-state index < -0.39 is 0 Å². The van der Waals surface area contributed by atoms with Crippen LogP contribution in [0.5, 0.6) is 0 Å². The van der Waals surface area contributed by atoms with Gasteiger partial charge in [0.2, 0.25) is 5.91 Å². The molecule has 2 aliphatic heterocycles. The molecule has 1 fully saturated rings. The molecule has 1 aromatic carbocycles. The van der Waals surface area contributed by atoms with Crippen molar-refractivity contribution in [3.63, 3.8) is 0 Å². The van der Waals surface area contributed by atoms with Crippen molar-refractivity contribution in [2.75, 3.05) is 13.1 Å². The monoisotopic (exact) mass is 273 g/mol. The molecule has 2 aliphatic rings. The van der Waals surface area contributed by atoms with Gasteiger partial charge in [0.1, 0.15) is 6.04 Å². The lowest BCUT2D eigenvalue weighted by Crippen LogP contribution is -2.56. The molecule has 0 spiro atoms. The second-order valence-corrected chi connectivity index (χ2v) is 5.30. The van der Waals surface area contributed by atoms with Crippen molar-refractivity contribution in [2.24, 2.45) is 0 Å². The number of nitrogens with zero attached hydrogens (tertiary/aromatic N) is 1. The predicted molar refractivity (Wildman–Crippen MR) is 75.1 cm³/mol. The van der Waals surface area contributed by atoms with Gasteiger partial charge in [0, 0.05) is 31.7 Å². The van der Waals surface area contributed by atoms with Crippen LogP contribution in [0.4, 0.5) is 0 Å². The molecule has 5 heteroatoms. The van der Waals surface area contributed by atoms with E-state index in [0.29, 0.717) is 25.1 Å². The number of amides is 2. The highest BCUT2D eigenvalue weighted by Crippen LogP contribution is 2.20. The van der Waals surface area contributed by atoms with Gasteiger partial charge < -0.3 is 15.5 Å². The van der Waals surface area contributed by atoms with Gasteiger partial charge in [-0.15, -0.1) is 0 Å². The zero-order valence-electron chi connectivity index (χ0n) is 11.6. The summed E-state index contributed by atoms with van der Waals surface area (Å²) in [6.07, 6.45) is 0.643. The third-order valence-corrected chi connectivity index (χ3v) is 4.06. The summed E-state index contributed by atoms with van der Waals surface area (Å²) in [5, 5.41) is 6.09. The Morgan fingerprint density at radius 1 is 1.35 bits per heavy atom. The number of piperazine rings is 1. The van der Waals surface area contributed by atoms with Crippen LogP contribution in [-0.2, 0) is 17.9 Å². The Labute approximate surface area is 118 Å². The second kappa shape index (κ2) is 5.25. The lowest BCUT2D eigenvalue weighted by molar-refractivity contribution is -0.127. The Balaban J connectivity index is 1.86.